The maximum absolute atomic E-state index is 9.36. The molecule has 0 spiro atoms. The first kappa shape index (κ1) is 12.2. The van der Waals surface area contributed by atoms with Crippen molar-refractivity contribution in [2.75, 3.05) is 11.9 Å². The van der Waals surface area contributed by atoms with Gasteiger partial charge in [0, 0.05) is 18.4 Å². The van der Waals surface area contributed by atoms with E-state index in [4.69, 9.17) is 0 Å². The van der Waals surface area contributed by atoms with E-state index >= 15 is 0 Å². The van der Waals surface area contributed by atoms with Crippen molar-refractivity contribution in [3.8, 4) is 11.5 Å². The molecule has 0 atom stereocenters. The van der Waals surface area contributed by atoms with E-state index in [-0.39, 0.29) is 11.5 Å². The van der Waals surface area contributed by atoms with Gasteiger partial charge in [-0.3, -0.25) is 0 Å². The summed E-state index contributed by atoms with van der Waals surface area (Å²) in [6, 6.07) is 6.64. The van der Waals surface area contributed by atoms with E-state index in [1.54, 1.807) is 18.3 Å². The van der Waals surface area contributed by atoms with Crippen molar-refractivity contribution >= 4 is 5.95 Å². The summed E-state index contributed by atoms with van der Waals surface area (Å²) < 4.78 is 0. The SMILES string of the molecule is Cc1ccnc(NCCc2ccc(O)c(O)c2)n1. The highest BCUT2D eigenvalue weighted by Crippen LogP contribution is 2.24. The van der Waals surface area contributed by atoms with Crippen LogP contribution in [0.2, 0.25) is 0 Å². The van der Waals surface area contributed by atoms with Gasteiger partial charge in [-0.1, -0.05) is 6.07 Å². The molecule has 2 aromatic rings. The molecule has 5 nitrogen and oxygen atoms in total. The van der Waals surface area contributed by atoms with E-state index in [0.29, 0.717) is 18.9 Å². The lowest BCUT2D eigenvalue weighted by Gasteiger charge is -2.06. The highest BCUT2D eigenvalue weighted by Gasteiger charge is 2.01. The third kappa shape index (κ3) is 3.10. The maximum Gasteiger partial charge on any atom is 0.222 e. The molecule has 1 aromatic heterocycles. The summed E-state index contributed by atoms with van der Waals surface area (Å²) in [5, 5.41) is 21.7. The molecule has 18 heavy (non-hydrogen) atoms. The van der Waals surface area contributed by atoms with Crippen LogP contribution in [0.3, 0.4) is 0 Å². The van der Waals surface area contributed by atoms with Crippen LogP contribution in [0.5, 0.6) is 11.5 Å². The minimum Gasteiger partial charge on any atom is -0.504 e. The van der Waals surface area contributed by atoms with Crippen LogP contribution in [-0.4, -0.2) is 26.7 Å². The Bertz CT molecular complexity index is 544. The predicted octanol–water partition coefficient (Wildman–Crippen LogP) is 1.85. The maximum atomic E-state index is 9.36. The summed E-state index contributed by atoms with van der Waals surface area (Å²) in [6.45, 7) is 2.57. The second kappa shape index (κ2) is 5.35. The normalized spacial score (nSPS) is 10.3. The first-order valence-corrected chi connectivity index (χ1v) is 5.69. The largest absolute Gasteiger partial charge is 0.504 e. The van der Waals surface area contributed by atoms with Crippen molar-refractivity contribution in [2.24, 2.45) is 0 Å². The number of anilines is 1. The van der Waals surface area contributed by atoms with Crippen molar-refractivity contribution in [2.45, 2.75) is 13.3 Å². The van der Waals surface area contributed by atoms with Crippen LogP contribution in [0.25, 0.3) is 0 Å². The number of benzene rings is 1. The topological polar surface area (TPSA) is 78.3 Å². The zero-order valence-corrected chi connectivity index (χ0v) is 10.1. The quantitative estimate of drug-likeness (QED) is 0.716. The van der Waals surface area contributed by atoms with Gasteiger partial charge in [-0.15, -0.1) is 0 Å². The van der Waals surface area contributed by atoms with Crippen LogP contribution in [0.15, 0.2) is 30.5 Å². The predicted molar refractivity (Wildman–Crippen MR) is 68.7 cm³/mol. The standard InChI is InChI=1S/C13H15N3O2/c1-9-4-6-14-13(16-9)15-7-5-10-2-3-11(17)12(18)8-10/h2-4,6,8,17-18H,5,7H2,1H3,(H,14,15,16). The molecule has 0 saturated heterocycles. The van der Waals surface area contributed by atoms with Crippen molar-refractivity contribution in [1.82, 2.24) is 9.97 Å². The zero-order chi connectivity index (χ0) is 13.0. The second-order valence-corrected chi connectivity index (χ2v) is 4.02. The van der Waals surface area contributed by atoms with E-state index < -0.39 is 0 Å². The van der Waals surface area contributed by atoms with Gasteiger partial charge in [0.25, 0.3) is 0 Å². The van der Waals surface area contributed by atoms with Gasteiger partial charge in [-0.05, 0) is 37.1 Å². The number of nitrogens with zero attached hydrogens (tertiary/aromatic N) is 2. The van der Waals surface area contributed by atoms with Gasteiger partial charge in [-0.25, -0.2) is 9.97 Å². The van der Waals surface area contributed by atoms with E-state index in [1.165, 1.54) is 6.07 Å². The Morgan fingerprint density at radius 3 is 2.72 bits per heavy atom. The smallest absolute Gasteiger partial charge is 0.222 e. The molecule has 0 amide bonds. The zero-order valence-electron chi connectivity index (χ0n) is 10.1. The molecule has 0 aliphatic rings. The number of hydrogen-bond donors (Lipinski definition) is 3. The molecule has 94 valence electrons. The molecule has 1 aromatic carbocycles. The fourth-order valence-electron chi connectivity index (χ4n) is 1.58. The summed E-state index contributed by atoms with van der Waals surface area (Å²) in [6.07, 6.45) is 2.42. The van der Waals surface area contributed by atoms with Gasteiger partial charge in [0.05, 0.1) is 0 Å². The lowest BCUT2D eigenvalue weighted by molar-refractivity contribution is 0.403. The molecule has 0 saturated carbocycles. The Morgan fingerprint density at radius 2 is 2.00 bits per heavy atom. The first-order chi connectivity index (χ1) is 8.65. The van der Waals surface area contributed by atoms with Gasteiger partial charge in [-0.2, -0.15) is 0 Å². The summed E-state index contributed by atoms with van der Waals surface area (Å²) in [7, 11) is 0. The third-order valence-corrected chi connectivity index (χ3v) is 2.53. The summed E-state index contributed by atoms with van der Waals surface area (Å²) in [5.74, 6) is 0.394. The Hall–Kier alpha value is -2.30. The molecule has 0 radical (unpaired) electrons. The van der Waals surface area contributed by atoms with Crippen LogP contribution < -0.4 is 5.32 Å². The molecule has 1 heterocycles. The minimum absolute atomic E-state index is 0.0979. The number of phenolic OH excluding ortho intramolecular Hbond substituents is 2. The third-order valence-electron chi connectivity index (χ3n) is 2.53. The molecular weight excluding hydrogens is 230 g/mol. The van der Waals surface area contributed by atoms with Crippen molar-refractivity contribution < 1.29 is 10.2 Å². The highest BCUT2D eigenvalue weighted by atomic mass is 16.3. The van der Waals surface area contributed by atoms with E-state index in [0.717, 1.165) is 11.3 Å². The number of phenols is 2. The fraction of sp³-hybridized carbons (Fsp3) is 0.231. The van der Waals surface area contributed by atoms with Gasteiger partial charge >= 0.3 is 0 Å². The van der Waals surface area contributed by atoms with Crippen LogP contribution in [-0.2, 0) is 6.42 Å². The van der Waals surface area contributed by atoms with Gasteiger partial charge in [0.1, 0.15) is 0 Å². The van der Waals surface area contributed by atoms with Gasteiger partial charge in [0.15, 0.2) is 11.5 Å². The van der Waals surface area contributed by atoms with Crippen molar-refractivity contribution in [3.63, 3.8) is 0 Å². The molecule has 0 aliphatic heterocycles. The molecule has 0 bridgehead atoms. The minimum atomic E-state index is -0.103. The van der Waals surface area contributed by atoms with Crippen molar-refractivity contribution in [1.29, 1.82) is 0 Å². The Balaban J connectivity index is 1.90. The van der Waals surface area contributed by atoms with Crippen LogP contribution in [0, 0.1) is 6.92 Å². The average Bonchev–Trinajstić information content (AvgIpc) is 2.34. The number of hydrogen-bond acceptors (Lipinski definition) is 5. The molecule has 2 rings (SSSR count). The number of aromatic hydroxyl groups is 2. The molecule has 0 fully saturated rings. The molecule has 5 heteroatoms. The summed E-state index contributed by atoms with van der Waals surface area (Å²) in [5.41, 5.74) is 1.85. The molecular formula is C13H15N3O2. The Kier molecular flexibility index (Phi) is 3.62. The lowest BCUT2D eigenvalue weighted by Crippen LogP contribution is -2.08. The van der Waals surface area contributed by atoms with Gasteiger partial charge in [0.2, 0.25) is 5.95 Å². The highest BCUT2D eigenvalue weighted by molar-refractivity contribution is 5.40. The first-order valence-electron chi connectivity index (χ1n) is 5.69. The molecule has 0 aliphatic carbocycles. The van der Waals surface area contributed by atoms with E-state index in [9.17, 15) is 10.2 Å². The van der Waals surface area contributed by atoms with Crippen LogP contribution in [0.4, 0.5) is 5.95 Å². The number of aromatic nitrogens is 2. The van der Waals surface area contributed by atoms with E-state index in [2.05, 4.69) is 15.3 Å². The number of rotatable bonds is 4. The number of nitrogens with one attached hydrogen (secondary N) is 1. The molecule has 0 unspecified atom stereocenters. The Labute approximate surface area is 105 Å². The van der Waals surface area contributed by atoms with Gasteiger partial charge < -0.3 is 15.5 Å². The van der Waals surface area contributed by atoms with Crippen LogP contribution >= 0.6 is 0 Å². The number of aryl methyl sites for hydroxylation is 1. The molecule has 3 N–H and O–H groups in total. The van der Waals surface area contributed by atoms with E-state index in [1.807, 2.05) is 13.0 Å². The van der Waals surface area contributed by atoms with Crippen LogP contribution in [0.1, 0.15) is 11.3 Å². The lowest BCUT2D eigenvalue weighted by atomic mass is 10.1. The fourth-order valence-corrected chi connectivity index (χ4v) is 1.58. The summed E-state index contributed by atoms with van der Waals surface area (Å²) >= 11 is 0. The Morgan fingerprint density at radius 1 is 1.17 bits per heavy atom. The monoisotopic (exact) mass is 245 g/mol. The average molecular weight is 245 g/mol. The summed E-state index contributed by atoms with van der Waals surface area (Å²) in [4.78, 5) is 8.32. The second-order valence-electron chi connectivity index (χ2n) is 4.02. The van der Waals surface area contributed by atoms with Crippen molar-refractivity contribution in [3.05, 3.63) is 41.7 Å².